The average molecular weight is 218 g/mol. The summed E-state index contributed by atoms with van der Waals surface area (Å²) < 4.78 is 18.6. The first-order chi connectivity index (χ1) is 7.77. The van der Waals surface area contributed by atoms with Crippen molar-refractivity contribution < 1.29 is 8.91 Å². The number of nitrogens with two attached hydrogens (primary N) is 1. The first kappa shape index (κ1) is 9.39. The van der Waals surface area contributed by atoms with Crippen LogP contribution >= 0.6 is 0 Å². The van der Waals surface area contributed by atoms with E-state index in [0.717, 1.165) is 18.5 Å². The predicted octanol–water partition coefficient (Wildman–Crippen LogP) is 2.94. The largest absolute Gasteiger partial charge is 0.367 e. The molecule has 1 saturated carbocycles. The minimum Gasteiger partial charge on any atom is -0.367 e. The van der Waals surface area contributed by atoms with Gasteiger partial charge in [0.2, 0.25) is 5.88 Å². The van der Waals surface area contributed by atoms with E-state index in [1.54, 1.807) is 18.2 Å². The Kier molecular flexibility index (Phi) is 1.96. The molecule has 3 rings (SSSR count). The molecule has 1 heterocycles. The van der Waals surface area contributed by atoms with Crippen molar-refractivity contribution in [3.05, 3.63) is 35.8 Å². The van der Waals surface area contributed by atoms with Gasteiger partial charge in [0.1, 0.15) is 5.82 Å². The van der Waals surface area contributed by atoms with Gasteiger partial charge in [0.15, 0.2) is 0 Å². The summed E-state index contributed by atoms with van der Waals surface area (Å²) in [6.07, 6.45) is 2.15. The minimum absolute atomic E-state index is 0.201. The molecule has 82 valence electrons. The monoisotopic (exact) mass is 218 g/mol. The molecule has 0 radical (unpaired) electrons. The molecule has 2 aromatic rings. The second-order valence-electron chi connectivity index (χ2n) is 4.06. The zero-order chi connectivity index (χ0) is 11.1. The van der Waals surface area contributed by atoms with Gasteiger partial charge in [-0.05, 0) is 18.9 Å². The fourth-order valence-electron chi connectivity index (χ4n) is 1.89. The smallest absolute Gasteiger partial charge is 0.230 e. The van der Waals surface area contributed by atoms with Crippen LogP contribution in [-0.4, -0.2) is 5.16 Å². The molecule has 2 N–H and O–H groups in total. The van der Waals surface area contributed by atoms with Gasteiger partial charge >= 0.3 is 0 Å². The van der Waals surface area contributed by atoms with Crippen LogP contribution in [0.5, 0.6) is 0 Å². The third-order valence-electron chi connectivity index (χ3n) is 2.85. The van der Waals surface area contributed by atoms with E-state index in [-0.39, 0.29) is 11.7 Å². The highest BCUT2D eigenvalue weighted by Gasteiger charge is 2.32. The summed E-state index contributed by atoms with van der Waals surface area (Å²) in [5.74, 6) is 0.293. The van der Waals surface area contributed by atoms with Crippen molar-refractivity contribution in [1.29, 1.82) is 0 Å². The van der Waals surface area contributed by atoms with Crippen LogP contribution in [-0.2, 0) is 0 Å². The van der Waals surface area contributed by atoms with E-state index in [1.165, 1.54) is 6.07 Å². The van der Waals surface area contributed by atoms with Crippen LogP contribution in [0.25, 0.3) is 11.1 Å². The second kappa shape index (κ2) is 3.33. The van der Waals surface area contributed by atoms with Gasteiger partial charge in [0.25, 0.3) is 0 Å². The van der Waals surface area contributed by atoms with Crippen LogP contribution in [0.2, 0.25) is 0 Å². The van der Waals surface area contributed by atoms with Crippen LogP contribution < -0.4 is 5.73 Å². The lowest BCUT2D eigenvalue weighted by Gasteiger charge is -2.02. The molecular weight excluding hydrogens is 207 g/mol. The highest BCUT2D eigenvalue weighted by molar-refractivity contribution is 5.76. The van der Waals surface area contributed by atoms with Gasteiger partial charge in [-0.2, -0.15) is 0 Å². The summed E-state index contributed by atoms with van der Waals surface area (Å²) >= 11 is 0. The highest BCUT2D eigenvalue weighted by Crippen LogP contribution is 2.46. The van der Waals surface area contributed by atoms with Gasteiger partial charge in [0.05, 0.1) is 11.3 Å². The van der Waals surface area contributed by atoms with E-state index in [9.17, 15) is 4.39 Å². The summed E-state index contributed by atoms with van der Waals surface area (Å²) in [5, 5.41) is 3.93. The summed E-state index contributed by atoms with van der Waals surface area (Å²) in [5.41, 5.74) is 7.61. The Morgan fingerprint density at radius 1 is 1.31 bits per heavy atom. The molecule has 1 fully saturated rings. The molecule has 0 spiro atoms. The van der Waals surface area contributed by atoms with Crippen molar-refractivity contribution >= 4 is 5.88 Å². The SMILES string of the molecule is Nc1onc(C2CC2)c1-c1ccccc1F. The highest BCUT2D eigenvalue weighted by atomic mass is 19.1. The molecule has 3 nitrogen and oxygen atoms in total. The fourth-order valence-corrected chi connectivity index (χ4v) is 1.89. The Hall–Kier alpha value is -1.84. The first-order valence-corrected chi connectivity index (χ1v) is 5.27. The molecule has 1 aliphatic rings. The molecule has 1 aromatic carbocycles. The Bertz CT molecular complexity index is 532. The van der Waals surface area contributed by atoms with Crippen molar-refractivity contribution in [3.8, 4) is 11.1 Å². The topological polar surface area (TPSA) is 52.0 Å². The molecule has 16 heavy (non-hydrogen) atoms. The summed E-state index contributed by atoms with van der Waals surface area (Å²) in [6.45, 7) is 0. The van der Waals surface area contributed by atoms with E-state index in [4.69, 9.17) is 10.3 Å². The number of anilines is 1. The number of halogens is 1. The molecule has 0 amide bonds. The summed E-state index contributed by atoms with van der Waals surface area (Å²) in [7, 11) is 0. The fraction of sp³-hybridized carbons (Fsp3) is 0.250. The van der Waals surface area contributed by atoms with E-state index in [2.05, 4.69) is 5.16 Å². The average Bonchev–Trinajstić information content (AvgIpc) is 3.04. The van der Waals surface area contributed by atoms with Gasteiger partial charge in [0, 0.05) is 11.5 Å². The van der Waals surface area contributed by atoms with Gasteiger partial charge in [-0.25, -0.2) is 4.39 Å². The zero-order valence-corrected chi connectivity index (χ0v) is 8.61. The number of aromatic nitrogens is 1. The Morgan fingerprint density at radius 3 is 2.75 bits per heavy atom. The van der Waals surface area contributed by atoms with Crippen LogP contribution in [0.3, 0.4) is 0 Å². The maximum atomic E-state index is 13.7. The van der Waals surface area contributed by atoms with Crippen LogP contribution in [0.15, 0.2) is 28.8 Å². The van der Waals surface area contributed by atoms with Gasteiger partial charge in [-0.1, -0.05) is 23.4 Å². The van der Waals surface area contributed by atoms with Crippen LogP contribution in [0, 0.1) is 5.82 Å². The van der Waals surface area contributed by atoms with Crippen molar-refractivity contribution in [3.63, 3.8) is 0 Å². The third kappa shape index (κ3) is 1.38. The molecule has 1 aliphatic carbocycles. The Morgan fingerprint density at radius 2 is 2.06 bits per heavy atom. The number of nitrogens with zero attached hydrogens (tertiary/aromatic N) is 1. The number of hydrogen-bond acceptors (Lipinski definition) is 3. The van der Waals surface area contributed by atoms with Gasteiger partial charge in [-0.15, -0.1) is 0 Å². The number of rotatable bonds is 2. The van der Waals surface area contributed by atoms with E-state index in [0.29, 0.717) is 17.0 Å². The number of hydrogen-bond donors (Lipinski definition) is 1. The second-order valence-corrected chi connectivity index (χ2v) is 4.06. The maximum Gasteiger partial charge on any atom is 0.230 e. The van der Waals surface area contributed by atoms with E-state index in [1.807, 2.05) is 0 Å². The number of nitrogen functional groups attached to an aromatic ring is 1. The number of benzene rings is 1. The Labute approximate surface area is 92.0 Å². The lowest BCUT2D eigenvalue weighted by molar-refractivity contribution is 0.428. The molecular formula is C12H11FN2O. The third-order valence-corrected chi connectivity index (χ3v) is 2.85. The molecule has 0 aliphatic heterocycles. The molecule has 0 saturated heterocycles. The molecule has 4 heteroatoms. The zero-order valence-electron chi connectivity index (χ0n) is 8.61. The normalized spacial score (nSPS) is 15.3. The molecule has 0 bridgehead atoms. The predicted molar refractivity (Wildman–Crippen MR) is 58.3 cm³/mol. The van der Waals surface area contributed by atoms with Crippen molar-refractivity contribution in [2.75, 3.05) is 5.73 Å². The molecule has 0 unspecified atom stereocenters. The lowest BCUT2D eigenvalue weighted by Crippen LogP contribution is -1.91. The molecule has 0 atom stereocenters. The summed E-state index contributed by atoms with van der Waals surface area (Å²) in [6, 6.07) is 6.55. The van der Waals surface area contributed by atoms with E-state index < -0.39 is 0 Å². The standard InChI is InChI=1S/C12H11FN2O/c13-9-4-2-1-3-8(9)10-11(7-5-6-7)15-16-12(10)14/h1-4,7H,5-6,14H2. The maximum absolute atomic E-state index is 13.7. The quantitative estimate of drug-likeness (QED) is 0.843. The minimum atomic E-state index is -0.292. The van der Waals surface area contributed by atoms with Gasteiger partial charge in [-0.3, -0.25) is 0 Å². The summed E-state index contributed by atoms with van der Waals surface area (Å²) in [4.78, 5) is 0. The Balaban J connectivity index is 2.18. The first-order valence-electron chi connectivity index (χ1n) is 5.27. The van der Waals surface area contributed by atoms with Gasteiger partial charge < -0.3 is 10.3 Å². The van der Waals surface area contributed by atoms with Crippen molar-refractivity contribution in [2.45, 2.75) is 18.8 Å². The van der Waals surface area contributed by atoms with Crippen LogP contribution in [0.4, 0.5) is 10.3 Å². The van der Waals surface area contributed by atoms with Crippen LogP contribution in [0.1, 0.15) is 24.5 Å². The van der Waals surface area contributed by atoms with E-state index >= 15 is 0 Å². The van der Waals surface area contributed by atoms with Crippen molar-refractivity contribution in [2.24, 2.45) is 0 Å². The molecule has 1 aromatic heterocycles. The lowest BCUT2D eigenvalue weighted by atomic mass is 10.0. The van der Waals surface area contributed by atoms with Crippen molar-refractivity contribution in [1.82, 2.24) is 5.16 Å².